The van der Waals surface area contributed by atoms with Gasteiger partial charge in [-0.1, -0.05) is 17.7 Å². The summed E-state index contributed by atoms with van der Waals surface area (Å²) in [7, 11) is 1.97. The molecule has 2 heterocycles. The van der Waals surface area contributed by atoms with Crippen LogP contribution in [-0.2, 0) is 13.0 Å². The van der Waals surface area contributed by atoms with Gasteiger partial charge in [0.05, 0.1) is 11.6 Å². The normalized spacial score (nSPS) is 10.6. The van der Waals surface area contributed by atoms with Crippen LogP contribution in [0.3, 0.4) is 0 Å². The molecule has 2 aromatic rings. The van der Waals surface area contributed by atoms with Crippen molar-refractivity contribution < 1.29 is 5.11 Å². The van der Waals surface area contributed by atoms with Crippen LogP contribution in [-0.4, -0.2) is 23.7 Å². The minimum Gasteiger partial charge on any atom is -0.392 e. The predicted octanol–water partition coefficient (Wildman–Crippen LogP) is 2.97. The van der Waals surface area contributed by atoms with Crippen LogP contribution in [0.5, 0.6) is 0 Å². The fraction of sp³-hybridized carbons (Fsp3) is 0.308. The number of thiophene rings is 1. The molecule has 0 atom stereocenters. The largest absolute Gasteiger partial charge is 0.392 e. The number of hydrogen-bond donors (Lipinski definition) is 1. The Bertz CT molecular complexity index is 502. The van der Waals surface area contributed by atoms with Gasteiger partial charge in [-0.2, -0.15) is 0 Å². The first-order valence-corrected chi connectivity index (χ1v) is 6.95. The van der Waals surface area contributed by atoms with Crippen molar-refractivity contribution in [3.05, 3.63) is 45.2 Å². The SMILES string of the molecule is CN(CCc1cccs1)c1ncc(CO)cc1Cl. The summed E-state index contributed by atoms with van der Waals surface area (Å²) in [5.41, 5.74) is 0.732. The van der Waals surface area contributed by atoms with E-state index in [4.69, 9.17) is 16.7 Å². The summed E-state index contributed by atoms with van der Waals surface area (Å²) in [6.45, 7) is 0.831. The summed E-state index contributed by atoms with van der Waals surface area (Å²) in [6, 6.07) is 5.94. The van der Waals surface area contributed by atoms with Crippen LogP contribution in [0.1, 0.15) is 10.4 Å². The van der Waals surface area contributed by atoms with Gasteiger partial charge in [0, 0.05) is 24.7 Å². The van der Waals surface area contributed by atoms with E-state index < -0.39 is 0 Å². The number of aliphatic hydroxyl groups is 1. The Hall–Kier alpha value is -1.10. The first kappa shape index (κ1) is 13.3. The number of aliphatic hydroxyl groups excluding tert-OH is 1. The Kier molecular flexibility index (Phi) is 4.58. The van der Waals surface area contributed by atoms with Crippen molar-refractivity contribution >= 4 is 28.8 Å². The number of nitrogens with zero attached hydrogens (tertiary/aromatic N) is 2. The third kappa shape index (κ3) is 3.22. The van der Waals surface area contributed by atoms with Crippen LogP contribution >= 0.6 is 22.9 Å². The van der Waals surface area contributed by atoms with Gasteiger partial charge < -0.3 is 10.0 Å². The van der Waals surface area contributed by atoms with Crippen LogP contribution in [0.2, 0.25) is 5.02 Å². The van der Waals surface area contributed by atoms with Gasteiger partial charge in [-0.3, -0.25) is 0 Å². The summed E-state index contributed by atoms with van der Waals surface area (Å²) < 4.78 is 0. The molecule has 3 nitrogen and oxygen atoms in total. The predicted molar refractivity (Wildman–Crippen MR) is 76.5 cm³/mol. The molecule has 5 heteroatoms. The second kappa shape index (κ2) is 6.18. The average Bonchev–Trinajstić information content (AvgIpc) is 2.88. The number of rotatable bonds is 5. The molecule has 0 bridgehead atoms. The number of halogens is 1. The van der Waals surface area contributed by atoms with Crippen LogP contribution < -0.4 is 4.90 Å². The molecule has 0 aliphatic carbocycles. The zero-order valence-electron chi connectivity index (χ0n) is 10.1. The molecule has 0 radical (unpaired) electrons. The van der Waals surface area contributed by atoms with E-state index in [0.29, 0.717) is 5.02 Å². The molecule has 0 aliphatic heterocycles. The van der Waals surface area contributed by atoms with Crippen molar-refractivity contribution in [1.29, 1.82) is 0 Å². The molecule has 0 fully saturated rings. The summed E-state index contributed by atoms with van der Waals surface area (Å²) >= 11 is 7.91. The zero-order valence-corrected chi connectivity index (χ0v) is 11.7. The van der Waals surface area contributed by atoms with Gasteiger partial charge in [0.2, 0.25) is 0 Å². The Morgan fingerprint density at radius 1 is 1.50 bits per heavy atom. The van der Waals surface area contributed by atoms with E-state index in [1.54, 1.807) is 23.6 Å². The molecule has 18 heavy (non-hydrogen) atoms. The van der Waals surface area contributed by atoms with Gasteiger partial charge in [0.15, 0.2) is 0 Å². The molecule has 2 rings (SSSR count). The van der Waals surface area contributed by atoms with Crippen molar-refractivity contribution in [2.24, 2.45) is 0 Å². The lowest BCUT2D eigenvalue weighted by molar-refractivity contribution is 0.281. The Morgan fingerprint density at radius 2 is 2.33 bits per heavy atom. The fourth-order valence-electron chi connectivity index (χ4n) is 1.68. The summed E-state index contributed by atoms with van der Waals surface area (Å²) in [6.07, 6.45) is 2.64. The van der Waals surface area contributed by atoms with E-state index in [9.17, 15) is 0 Å². The van der Waals surface area contributed by atoms with Gasteiger partial charge >= 0.3 is 0 Å². The quantitative estimate of drug-likeness (QED) is 0.916. The lowest BCUT2D eigenvalue weighted by Crippen LogP contribution is -2.21. The molecule has 2 aromatic heterocycles. The van der Waals surface area contributed by atoms with Gasteiger partial charge in [-0.15, -0.1) is 11.3 Å². The van der Waals surface area contributed by atoms with Crippen molar-refractivity contribution in [3.8, 4) is 0 Å². The Balaban J connectivity index is 2.02. The minimum absolute atomic E-state index is 0.0358. The molecule has 0 aliphatic rings. The highest BCUT2D eigenvalue weighted by Gasteiger charge is 2.08. The van der Waals surface area contributed by atoms with Gasteiger partial charge in [0.25, 0.3) is 0 Å². The van der Waals surface area contributed by atoms with Crippen LogP contribution in [0.25, 0.3) is 0 Å². The standard InChI is InChI=1S/C13H15ClN2OS/c1-16(5-4-11-3-2-6-18-11)13-12(14)7-10(9-17)8-15-13/h2-3,6-8,17H,4-5,9H2,1H3. The van der Waals surface area contributed by atoms with Crippen molar-refractivity contribution in [3.63, 3.8) is 0 Å². The molecule has 0 unspecified atom stereocenters. The third-order valence-corrected chi connectivity index (χ3v) is 3.91. The first-order valence-electron chi connectivity index (χ1n) is 5.69. The van der Waals surface area contributed by atoms with E-state index in [2.05, 4.69) is 22.5 Å². The highest BCUT2D eigenvalue weighted by molar-refractivity contribution is 7.09. The molecule has 1 N–H and O–H groups in total. The molecule has 0 spiro atoms. The zero-order chi connectivity index (χ0) is 13.0. The number of anilines is 1. The number of likely N-dealkylation sites (N-methyl/N-ethyl adjacent to an activating group) is 1. The van der Waals surface area contributed by atoms with Crippen molar-refractivity contribution in [2.75, 3.05) is 18.5 Å². The Labute approximate surface area is 116 Å². The van der Waals surface area contributed by atoms with Crippen LogP contribution in [0.4, 0.5) is 5.82 Å². The third-order valence-electron chi connectivity index (χ3n) is 2.70. The van der Waals surface area contributed by atoms with Gasteiger partial charge in [0.1, 0.15) is 5.82 Å². The first-order chi connectivity index (χ1) is 8.70. The number of aromatic nitrogens is 1. The van der Waals surface area contributed by atoms with Crippen molar-refractivity contribution in [2.45, 2.75) is 13.0 Å². The molecular formula is C13H15ClN2OS. The smallest absolute Gasteiger partial charge is 0.147 e. The maximum Gasteiger partial charge on any atom is 0.147 e. The molecular weight excluding hydrogens is 268 g/mol. The lowest BCUT2D eigenvalue weighted by atomic mass is 10.3. The minimum atomic E-state index is -0.0358. The molecule has 0 amide bonds. The van der Waals surface area contributed by atoms with Crippen molar-refractivity contribution in [1.82, 2.24) is 4.98 Å². The fourth-order valence-corrected chi connectivity index (χ4v) is 2.71. The van der Waals surface area contributed by atoms with Crippen LogP contribution in [0.15, 0.2) is 29.8 Å². The van der Waals surface area contributed by atoms with E-state index in [0.717, 1.165) is 24.3 Å². The van der Waals surface area contributed by atoms with E-state index in [1.807, 2.05) is 11.9 Å². The summed E-state index contributed by atoms with van der Waals surface area (Å²) in [4.78, 5) is 7.67. The second-order valence-electron chi connectivity index (χ2n) is 4.06. The highest BCUT2D eigenvalue weighted by atomic mass is 35.5. The summed E-state index contributed by atoms with van der Waals surface area (Å²) in [5.74, 6) is 0.755. The van der Waals surface area contributed by atoms with Crippen LogP contribution in [0, 0.1) is 0 Å². The maximum absolute atomic E-state index is 9.01. The Morgan fingerprint density at radius 3 is 2.94 bits per heavy atom. The lowest BCUT2D eigenvalue weighted by Gasteiger charge is -2.19. The molecule has 0 aromatic carbocycles. The van der Waals surface area contributed by atoms with E-state index in [-0.39, 0.29) is 6.61 Å². The number of hydrogen-bond acceptors (Lipinski definition) is 4. The van der Waals surface area contributed by atoms with Gasteiger partial charge in [-0.25, -0.2) is 4.98 Å². The highest BCUT2D eigenvalue weighted by Crippen LogP contribution is 2.23. The monoisotopic (exact) mass is 282 g/mol. The van der Waals surface area contributed by atoms with E-state index >= 15 is 0 Å². The van der Waals surface area contributed by atoms with Gasteiger partial charge in [-0.05, 0) is 29.5 Å². The molecule has 96 valence electrons. The topological polar surface area (TPSA) is 36.4 Å². The van der Waals surface area contributed by atoms with E-state index in [1.165, 1.54) is 4.88 Å². The molecule has 0 saturated carbocycles. The average molecular weight is 283 g/mol. The molecule has 0 saturated heterocycles. The maximum atomic E-state index is 9.01. The number of pyridine rings is 1. The second-order valence-corrected chi connectivity index (χ2v) is 5.50. The summed E-state index contributed by atoms with van der Waals surface area (Å²) in [5, 5.41) is 11.7.